The fourth-order valence-corrected chi connectivity index (χ4v) is 2.45. The van der Waals surface area contributed by atoms with E-state index in [1.54, 1.807) is 6.20 Å². The van der Waals surface area contributed by atoms with Crippen molar-refractivity contribution in [2.45, 2.75) is 45.4 Å². The van der Waals surface area contributed by atoms with Crippen LogP contribution in [0.2, 0.25) is 0 Å². The lowest BCUT2D eigenvalue weighted by molar-refractivity contribution is 0.213. The van der Waals surface area contributed by atoms with Gasteiger partial charge < -0.3 is 20.3 Å². The number of ether oxygens (including phenoxy) is 1. The Hall–Kier alpha value is -1.82. The molecule has 0 atom stereocenters. The van der Waals surface area contributed by atoms with E-state index >= 15 is 0 Å². The molecule has 0 radical (unpaired) electrons. The van der Waals surface area contributed by atoms with Crippen LogP contribution in [0.15, 0.2) is 18.3 Å². The maximum Gasteiger partial charge on any atom is 0.315 e. The minimum Gasteiger partial charge on any atom is -0.475 e. The Balaban J connectivity index is 1.81. The monoisotopic (exact) mass is 306 g/mol. The number of nitrogens with zero attached hydrogens (tertiary/aromatic N) is 2. The Bertz CT molecular complexity index is 485. The molecule has 2 rings (SSSR count). The first kappa shape index (κ1) is 16.5. The lowest BCUT2D eigenvalue weighted by Gasteiger charge is -2.29. The van der Waals surface area contributed by atoms with Crippen molar-refractivity contribution < 1.29 is 9.53 Å². The fraction of sp³-hybridized carbons (Fsp3) is 0.625. The second-order valence-electron chi connectivity index (χ2n) is 6.04. The van der Waals surface area contributed by atoms with Crippen molar-refractivity contribution in [1.29, 1.82) is 0 Å². The average molecular weight is 306 g/mol. The molecule has 1 aromatic heterocycles. The summed E-state index contributed by atoms with van der Waals surface area (Å²) in [6.07, 6.45) is 3.75. The molecule has 0 unspecified atom stereocenters. The molecule has 0 saturated carbocycles. The molecule has 1 fully saturated rings. The van der Waals surface area contributed by atoms with Crippen molar-refractivity contribution >= 4 is 6.03 Å². The van der Waals surface area contributed by atoms with Gasteiger partial charge in [-0.15, -0.1) is 0 Å². The normalized spacial score (nSPS) is 16.5. The number of urea groups is 1. The minimum atomic E-state index is -0.131. The molecule has 2 heterocycles. The van der Waals surface area contributed by atoms with Crippen LogP contribution in [0.5, 0.6) is 5.88 Å². The molecule has 2 amide bonds. The van der Waals surface area contributed by atoms with Crippen LogP contribution in [-0.2, 0) is 6.54 Å². The number of likely N-dealkylation sites (tertiary alicyclic amines) is 1. The van der Waals surface area contributed by atoms with Gasteiger partial charge in [-0.3, -0.25) is 0 Å². The van der Waals surface area contributed by atoms with Gasteiger partial charge in [0.2, 0.25) is 5.88 Å². The quantitative estimate of drug-likeness (QED) is 0.870. The largest absolute Gasteiger partial charge is 0.475 e. The Morgan fingerprint density at radius 1 is 1.45 bits per heavy atom. The van der Waals surface area contributed by atoms with E-state index in [2.05, 4.69) is 27.6 Å². The molecule has 1 saturated heterocycles. The van der Waals surface area contributed by atoms with E-state index in [1.807, 2.05) is 26.0 Å². The Kier molecular flexibility index (Phi) is 6.00. The van der Waals surface area contributed by atoms with Crippen LogP contribution in [0.4, 0.5) is 4.79 Å². The summed E-state index contributed by atoms with van der Waals surface area (Å²) in [5, 5.41) is 5.92. The van der Waals surface area contributed by atoms with Crippen LogP contribution in [0, 0.1) is 0 Å². The fourth-order valence-electron chi connectivity index (χ4n) is 2.45. The van der Waals surface area contributed by atoms with Crippen molar-refractivity contribution in [1.82, 2.24) is 20.5 Å². The Labute approximate surface area is 132 Å². The summed E-state index contributed by atoms with van der Waals surface area (Å²) in [4.78, 5) is 18.5. The first-order valence-electron chi connectivity index (χ1n) is 7.88. The van der Waals surface area contributed by atoms with E-state index in [0.717, 1.165) is 31.5 Å². The summed E-state index contributed by atoms with van der Waals surface area (Å²) >= 11 is 0. The summed E-state index contributed by atoms with van der Waals surface area (Å²) in [7, 11) is 2.11. The smallest absolute Gasteiger partial charge is 0.315 e. The van der Waals surface area contributed by atoms with Crippen molar-refractivity contribution in [2.75, 3.05) is 20.1 Å². The number of carbonyl (C=O) groups excluding carboxylic acids is 1. The van der Waals surface area contributed by atoms with Crippen LogP contribution < -0.4 is 15.4 Å². The van der Waals surface area contributed by atoms with Gasteiger partial charge in [0.1, 0.15) is 0 Å². The predicted octanol–water partition coefficient (Wildman–Crippen LogP) is 1.76. The van der Waals surface area contributed by atoms with Gasteiger partial charge in [-0.05, 0) is 52.9 Å². The number of hydrogen-bond acceptors (Lipinski definition) is 4. The SMILES string of the molecule is CC(C)Oc1ncccc1CNC(=O)NC1CCN(C)CC1. The highest BCUT2D eigenvalue weighted by Crippen LogP contribution is 2.15. The molecular formula is C16H26N4O2. The van der Waals surface area contributed by atoms with E-state index < -0.39 is 0 Å². The molecule has 6 heteroatoms. The number of aromatic nitrogens is 1. The Morgan fingerprint density at radius 2 is 2.18 bits per heavy atom. The molecule has 1 aliphatic heterocycles. The summed E-state index contributed by atoms with van der Waals surface area (Å²) in [6.45, 7) is 6.38. The van der Waals surface area contributed by atoms with Gasteiger partial charge in [-0.1, -0.05) is 6.07 Å². The van der Waals surface area contributed by atoms with Gasteiger partial charge in [0.25, 0.3) is 0 Å². The van der Waals surface area contributed by atoms with Crippen molar-refractivity contribution in [3.05, 3.63) is 23.9 Å². The summed E-state index contributed by atoms with van der Waals surface area (Å²) in [5.74, 6) is 0.581. The number of pyridine rings is 1. The van der Waals surface area contributed by atoms with Gasteiger partial charge in [0.05, 0.1) is 6.10 Å². The second-order valence-corrected chi connectivity index (χ2v) is 6.04. The molecule has 0 bridgehead atoms. The van der Waals surface area contributed by atoms with Crippen LogP contribution in [0.3, 0.4) is 0 Å². The summed E-state index contributed by atoms with van der Waals surface area (Å²) in [6, 6.07) is 3.89. The average Bonchev–Trinajstić information content (AvgIpc) is 2.48. The maximum absolute atomic E-state index is 12.0. The van der Waals surface area contributed by atoms with E-state index in [0.29, 0.717) is 12.4 Å². The summed E-state index contributed by atoms with van der Waals surface area (Å²) in [5.41, 5.74) is 0.884. The van der Waals surface area contributed by atoms with E-state index in [4.69, 9.17) is 4.74 Å². The van der Waals surface area contributed by atoms with Crippen molar-refractivity contribution in [3.8, 4) is 5.88 Å². The van der Waals surface area contributed by atoms with Crippen molar-refractivity contribution in [3.63, 3.8) is 0 Å². The maximum atomic E-state index is 12.0. The molecule has 2 N–H and O–H groups in total. The van der Waals surface area contributed by atoms with E-state index in [1.165, 1.54) is 0 Å². The van der Waals surface area contributed by atoms with Crippen LogP contribution in [0.25, 0.3) is 0 Å². The first-order valence-corrected chi connectivity index (χ1v) is 7.88. The standard InChI is InChI=1S/C16H26N4O2/c1-12(2)22-15-13(5-4-8-17-15)11-18-16(21)19-14-6-9-20(3)10-7-14/h4-5,8,12,14H,6-7,9-11H2,1-3H3,(H2,18,19,21). The topological polar surface area (TPSA) is 66.5 Å². The predicted molar refractivity (Wildman–Crippen MR) is 85.9 cm³/mol. The van der Waals surface area contributed by atoms with Gasteiger partial charge >= 0.3 is 6.03 Å². The number of carbonyl (C=O) groups is 1. The lowest BCUT2D eigenvalue weighted by Crippen LogP contribution is -2.46. The van der Waals surface area contributed by atoms with E-state index in [9.17, 15) is 4.79 Å². The molecule has 122 valence electrons. The number of piperidine rings is 1. The highest BCUT2D eigenvalue weighted by atomic mass is 16.5. The molecular weight excluding hydrogens is 280 g/mol. The summed E-state index contributed by atoms with van der Waals surface area (Å²) < 4.78 is 5.65. The zero-order valence-electron chi connectivity index (χ0n) is 13.6. The van der Waals surface area contributed by atoms with Crippen LogP contribution in [0.1, 0.15) is 32.3 Å². The molecule has 0 aliphatic carbocycles. The van der Waals surface area contributed by atoms with Gasteiger partial charge in [0.15, 0.2) is 0 Å². The molecule has 6 nitrogen and oxygen atoms in total. The molecule has 22 heavy (non-hydrogen) atoms. The number of hydrogen-bond donors (Lipinski definition) is 2. The van der Waals surface area contributed by atoms with Crippen LogP contribution in [-0.4, -0.2) is 48.2 Å². The molecule has 0 spiro atoms. The van der Waals surface area contributed by atoms with Crippen molar-refractivity contribution in [2.24, 2.45) is 0 Å². The van der Waals surface area contributed by atoms with Gasteiger partial charge in [-0.2, -0.15) is 0 Å². The highest BCUT2D eigenvalue weighted by Gasteiger charge is 2.18. The highest BCUT2D eigenvalue weighted by molar-refractivity contribution is 5.74. The lowest BCUT2D eigenvalue weighted by atomic mass is 10.1. The molecule has 0 aromatic carbocycles. The van der Waals surface area contributed by atoms with Gasteiger partial charge in [-0.25, -0.2) is 9.78 Å². The second kappa shape index (κ2) is 7.98. The number of amides is 2. The minimum absolute atomic E-state index is 0.0571. The zero-order chi connectivity index (χ0) is 15.9. The zero-order valence-corrected chi connectivity index (χ0v) is 13.6. The third-order valence-electron chi connectivity index (χ3n) is 3.69. The number of rotatable bonds is 5. The molecule has 1 aromatic rings. The van der Waals surface area contributed by atoms with Gasteiger partial charge in [0, 0.05) is 24.3 Å². The Morgan fingerprint density at radius 3 is 2.86 bits per heavy atom. The number of nitrogens with one attached hydrogen (secondary N) is 2. The third-order valence-corrected chi connectivity index (χ3v) is 3.69. The third kappa shape index (κ3) is 5.18. The molecule has 1 aliphatic rings. The first-order chi connectivity index (χ1) is 10.5. The van der Waals surface area contributed by atoms with Crippen LogP contribution >= 0.6 is 0 Å². The van der Waals surface area contributed by atoms with E-state index in [-0.39, 0.29) is 18.2 Å².